The standard InChI is InChI=1S/C16H19N3O4S2/c1-4-10-9(3)13(15(22)23-5-2)14(25-10)18-12(21)8-24-16-17-7-6-11(20)19-16/h6-7H,4-5,8H2,1-3H3,(H,18,21)(H,17,19,20). The number of hydrogen-bond acceptors (Lipinski definition) is 7. The number of anilines is 1. The minimum absolute atomic E-state index is 0.0631. The van der Waals surface area contributed by atoms with Crippen molar-refractivity contribution in [2.24, 2.45) is 0 Å². The quantitative estimate of drug-likeness (QED) is 0.434. The number of carbonyl (C=O) groups is 2. The summed E-state index contributed by atoms with van der Waals surface area (Å²) in [5, 5.41) is 3.63. The van der Waals surface area contributed by atoms with E-state index < -0.39 is 5.97 Å². The minimum Gasteiger partial charge on any atom is -0.462 e. The highest BCUT2D eigenvalue weighted by atomic mass is 32.2. The van der Waals surface area contributed by atoms with Gasteiger partial charge in [-0.05, 0) is 25.8 Å². The lowest BCUT2D eigenvalue weighted by atomic mass is 10.1. The van der Waals surface area contributed by atoms with Gasteiger partial charge in [0.1, 0.15) is 5.00 Å². The Hall–Kier alpha value is -2.13. The van der Waals surface area contributed by atoms with Crippen molar-refractivity contribution in [2.75, 3.05) is 17.7 Å². The first kappa shape index (κ1) is 19.2. The summed E-state index contributed by atoms with van der Waals surface area (Å²) < 4.78 is 5.09. The zero-order valence-corrected chi connectivity index (χ0v) is 15.8. The zero-order valence-electron chi connectivity index (χ0n) is 14.2. The highest BCUT2D eigenvalue weighted by Crippen LogP contribution is 2.34. The number of thioether (sulfide) groups is 1. The summed E-state index contributed by atoms with van der Waals surface area (Å²) in [5.41, 5.74) is 0.972. The van der Waals surface area contributed by atoms with Crippen molar-refractivity contribution in [1.29, 1.82) is 0 Å². The first-order valence-corrected chi connectivity index (χ1v) is 9.53. The summed E-state index contributed by atoms with van der Waals surface area (Å²) >= 11 is 2.49. The van der Waals surface area contributed by atoms with Gasteiger partial charge in [-0.25, -0.2) is 9.78 Å². The molecule has 0 saturated carbocycles. The normalized spacial score (nSPS) is 10.5. The van der Waals surface area contributed by atoms with Gasteiger partial charge in [0.05, 0.1) is 17.9 Å². The monoisotopic (exact) mass is 381 g/mol. The van der Waals surface area contributed by atoms with Crippen LogP contribution in [0.5, 0.6) is 0 Å². The van der Waals surface area contributed by atoms with E-state index in [0.29, 0.717) is 15.7 Å². The van der Waals surface area contributed by atoms with E-state index in [-0.39, 0.29) is 23.8 Å². The van der Waals surface area contributed by atoms with E-state index in [1.807, 2.05) is 13.8 Å². The van der Waals surface area contributed by atoms with E-state index in [1.165, 1.54) is 23.6 Å². The molecule has 25 heavy (non-hydrogen) atoms. The van der Waals surface area contributed by atoms with Crippen LogP contribution < -0.4 is 10.9 Å². The Balaban J connectivity index is 2.11. The van der Waals surface area contributed by atoms with Gasteiger partial charge in [-0.1, -0.05) is 18.7 Å². The van der Waals surface area contributed by atoms with Gasteiger partial charge in [0.25, 0.3) is 5.56 Å². The molecule has 2 heterocycles. The van der Waals surface area contributed by atoms with E-state index in [4.69, 9.17) is 4.74 Å². The summed E-state index contributed by atoms with van der Waals surface area (Å²) in [4.78, 5) is 43.2. The Morgan fingerprint density at radius 3 is 2.80 bits per heavy atom. The molecule has 0 unspecified atom stereocenters. The van der Waals surface area contributed by atoms with Gasteiger partial charge in [-0.2, -0.15) is 0 Å². The Morgan fingerprint density at radius 1 is 1.40 bits per heavy atom. The molecule has 134 valence electrons. The summed E-state index contributed by atoms with van der Waals surface area (Å²) in [6.07, 6.45) is 2.15. The Bertz CT molecular complexity index is 829. The second-order valence-corrected chi connectivity index (χ2v) is 7.07. The second kappa shape index (κ2) is 8.82. The van der Waals surface area contributed by atoms with Crippen LogP contribution in [-0.2, 0) is 16.0 Å². The molecule has 2 rings (SSSR count). The Labute approximate surface area is 153 Å². The molecule has 2 aromatic heterocycles. The number of aryl methyl sites for hydroxylation is 1. The van der Waals surface area contributed by atoms with Crippen molar-refractivity contribution < 1.29 is 14.3 Å². The fourth-order valence-electron chi connectivity index (χ4n) is 2.16. The molecule has 0 bridgehead atoms. The predicted octanol–water partition coefficient (Wildman–Crippen LogP) is 2.61. The fraction of sp³-hybridized carbons (Fsp3) is 0.375. The number of nitrogens with one attached hydrogen (secondary N) is 2. The van der Waals surface area contributed by atoms with Crippen LogP contribution in [0, 0.1) is 6.92 Å². The molecule has 1 amide bonds. The van der Waals surface area contributed by atoms with Crippen LogP contribution in [0.3, 0.4) is 0 Å². The first-order chi connectivity index (χ1) is 12.0. The number of H-pyrrole nitrogens is 1. The molecule has 0 saturated heterocycles. The molecule has 7 nitrogen and oxygen atoms in total. The number of amides is 1. The Kier molecular flexibility index (Phi) is 6.77. The number of aromatic amines is 1. The highest BCUT2D eigenvalue weighted by molar-refractivity contribution is 7.99. The van der Waals surface area contributed by atoms with Gasteiger partial charge < -0.3 is 15.0 Å². The van der Waals surface area contributed by atoms with E-state index in [0.717, 1.165) is 28.6 Å². The number of rotatable bonds is 7. The third kappa shape index (κ3) is 4.93. The maximum Gasteiger partial charge on any atom is 0.341 e. The maximum atomic E-state index is 12.2. The summed E-state index contributed by atoms with van der Waals surface area (Å²) in [6, 6.07) is 1.30. The molecule has 0 aliphatic heterocycles. The smallest absolute Gasteiger partial charge is 0.341 e. The van der Waals surface area contributed by atoms with Crippen LogP contribution in [0.25, 0.3) is 0 Å². The van der Waals surface area contributed by atoms with Gasteiger partial charge in [-0.15, -0.1) is 11.3 Å². The van der Waals surface area contributed by atoms with E-state index >= 15 is 0 Å². The van der Waals surface area contributed by atoms with Gasteiger partial charge in [0.15, 0.2) is 5.16 Å². The summed E-state index contributed by atoms with van der Waals surface area (Å²) in [6.45, 7) is 5.85. The number of aromatic nitrogens is 2. The zero-order chi connectivity index (χ0) is 18.4. The molecule has 0 radical (unpaired) electrons. The van der Waals surface area contributed by atoms with Crippen molar-refractivity contribution >= 4 is 40.0 Å². The van der Waals surface area contributed by atoms with Crippen molar-refractivity contribution in [3.05, 3.63) is 38.6 Å². The molecule has 0 aliphatic carbocycles. The molecule has 2 N–H and O–H groups in total. The molecular formula is C16H19N3O4S2. The van der Waals surface area contributed by atoms with Crippen LogP contribution in [0.1, 0.15) is 34.6 Å². The van der Waals surface area contributed by atoms with E-state index in [2.05, 4.69) is 15.3 Å². The van der Waals surface area contributed by atoms with Crippen LogP contribution >= 0.6 is 23.1 Å². The lowest BCUT2D eigenvalue weighted by Gasteiger charge is -2.07. The third-order valence-corrected chi connectivity index (χ3v) is 5.53. The molecule has 0 spiro atoms. The predicted molar refractivity (Wildman–Crippen MR) is 98.6 cm³/mol. The summed E-state index contributed by atoms with van der Waals surface area (Å²) in [5.74, 6) is -0.660. The lowest BCUT2D eigenvalue weighted by molar-refractivity contribution is -0.113. The number of nitrogens with zero attached hydrogens (tertiary/aromatic N) is 1. The van der Waals surface area contributed by atoms with Gasteiger partial charge in [-0.3, -0.25) is 9.59 Å². The molecule has 0 aliphatic rings. The molecule has 2 aromatic rings. The van der Waals surface area contributed by atoms with Crippen molar-refractivity contribution in [1.82, 2.24) is 9.97 Å². The highest BCUT2D eigenvalue weighted by Gasteiger charge is 2.23. The average molecular weight is 381 g/mol. The van der Waals surface area contributed by atoms with Crippen LogP contribution in [-0.4, -0.2) is 34.2 Å². The largest absolute Gasteiger partial charge is 0.462 e. The number of esters is 1. The molecule has 0 fully saturated rings. The van der Waals surface area contributed by atoms with Gasteiger partial charge in [0, 0.05) is 17.1 Å². The Morgan fingerprint density at radius 2 is 2.16 bits per heavy atom. The molecule has 9 heteroatoms. The number of ether oxygens (including phenoxy) is 1. The van der Waals surface area contributed by atoms with Crippen LogP contribution in [0.2, 0.25) is 0 Å². The van der Waals surface area contributed by atoms with Crippen LogP contribution in [0.4, 0.5) is 5.00 Å². The van der Waals surface area contributed by atoms with E-state index in [9.17, 15) is 14.4 Å². The van der Waals surface area contributed by atoms with E-state index in [1.54, 1.807) is 6.92 Å². The van der Waals surface area contributed by atoms with Gasteiger partial charge >= 0.3 is 5.97 Å². The lowest BCUT2D eigenvalue weighted by Crippen LogP contribution is -2.17. The number of hydrogen-bond donors (Lipinski definition) is 2. The SMILES string of the molecule is CCOC(=O)c1c(NC(=O)CSc2nccc(=O)[nH]2)sc(CC)c1C. The topological polar surface area (TPSA) is 101 Å². The second-order valence-electron chi connectivity index (χ2n) is 5.00. The van der Waals surface area contributed by atoms with Crippen molar-refractivity contribution in [3.63, 3.8) is 0 Å². The number of thiophene rings is 1. The molecule has 0 aromatic carbocycles. The first-order valence-electron chi connectivity index (χ1n) is 7.73. The number of carbonyl (C=O) groups excluding carboxylic acids is 2. The minimum atomic E-state index is -0.437. The fourth-order valence-corrected chi connectivity index (χ4v) is 3.95. The maximum absolute atomic E-state index is 12.2. The van der Waals surface area contributed by atoms with Gasteiger partial charge in [0.2, 0.25) is 5.91 Å². The molecular weight excluding hydrogens is 362 g/mol. The third-order valence-electron chi connectivity index (χ3n) is 3.29. The van der Waals surface area contributed by atoms with Crippen molar-refractivity contribution in [2.45, 2.75) is 32.3 Å². The molecule has 0 atom stereocenters. The van der Waals surface area contributed by atoms with Crippen molar-refractivity contribution in [3.8, 4) is 0 Å². The average Bonchev–Trinajstić information content (AvgIpc) is 2.88. The summed E-state index contributed by atoms with van der Waals surface area (Å²) in [7, 11) is 0. The van der Waals surface area contributed by atoms with Crippen LogP contribution in [0.15, 0.2) is 22.2 Å².